The minimum absolute atomic E-state index is 0.588. The lowest BCUT2D eigenvalue weighted by Gasteiger charge is -2.35. The Morgan fingerprint density at radius 2 is 2.09 bits per heavy atom. The molecule has 1 atom stereocenters. The molecule has 0 amide bonds. The summed E-state index contributed by atoms with van der Waals surface area (Å²) in [5.41, 5.74) is 2.59. The summed E-state index contributed by atoms with van der Waals surface area (Å²) in [6.45, 7) is 6.68. The van der Waals surface area contributed by atoms with Crippen LogP contribution in [0.3, 0.4) is 0 Å². The Bertz CT molecular complexity index is 598. The molecule has 2 aliphatic heterocycles. The summed E-state index contributed by atoms with van der Waals surface area (Å²) in [4.78, 5) is 5.27. The number of nitrogens with zero attached hydrogens (tertiary/aromatic N) is 5. The van der Waals surface area contributed by atoms with Gasteiger partial charge in [0.1, 0.15) is 0 Å². The van der Waals surface area contributed by atoms with Crippen molar-refractivity contribution in [2.75, 3.05) is 19.6 Å². The number of hydrogen-bond acceptors (Lipinski definition) is 4. The van der Waals surface area contributed by atoms with Gasteiger partial charge >= 0.3 is 0 Å². The van der Waals surface area contributed by atoms with Crippen LogP contribution in [0.25, 0.3) is 0 Å². The van der Waals surface area contributed by atoms with Crippen LogP contribution in [0.1, 0.15) is 36.9 Å². The van der Waals surface area contributed by atoms with E-state index in [1.807, 2.05) is 18.6 Å². The fourth-order valence-electron chi connectivity index (χ4n) is 3.92. The van der Waals surface area contributed by atoms with Gasteiger partial charge in [0.25, 0.3) is 0 Å². The van der Waals surface area contributed by atoms with Gasteiger partial charge < -0.3 is 4.90 Å². The van der Waals surface area contributed by atoms with Crippen LogP contribution in [0.5, 0.6) is 0 Å². The number of nitrogens with one attached hydrogen (secondary N) is 1. The van der Waals surface area contributed by atoms with E-state index in [4.69, 9.17) is 0 Å². The van der Waals surface area contributed by atoms with Gasteiger partial charge in [-0.25, -0.2) is 0 Å². The largest absolute Gasteiger partial charge is 0.302 e. The molecule has 0 aromatic carbocycles. The molecule has 0 spiro atoms. The van der Waals surface area contributed by atoms with Crippen molar-refractivity contribution in [3.8, 4) is 0 Å². The lowest BCUT2D eigenvalue weighted by molar-refractivity contribution is 0.111. The van der Waals surface area contributed by atoms with Gasteiger partial charge in [0.05, 0.1) is 11.9 Å². The van der Waals surface area contributed by atoms with Crippen LogP contribution in [0.2, 0.25) is 0 Å². The second kappa shape index (κ2) is 6.84. The zero-order chi connectivity index (χ0) is 15.5. The smallest absolute Gasteiger partial charge is 0.0532 e. The number of fused-ring (bicyclic) bond motifs is 1. The summed E-state index contributed by atoms with van der Waals surface area (Å²) in [6, 6.07) is 2.75. The number of aromatic amines is 1. The minimum atomic E-state index is 0.588. The molecule has 0 saturated carbocycles. The molecular formula is C17H26N6. The first kappa shape index (κ1) is 14.9. The van der Waals surface area contributed by atoms with Crippen LogP contribution in [0, 0.1) is 0 Å². The third-order valence-electron chi connectivity index (χ3n) is 5.22. The van der Waals surface area contributed by atoms with Crippen LogP contribution in [-0.2, 0) is 19.6 Å². The normalized spacial score (nSPS) is 23.6. The van der Waals surface area contributed by atoms with Gasteiger partial charge in [0, 0.05) is 50.2 Å². The van der Waals surface area contributed by atoms with E-state index in [1.54, 1.807) is 0 Å². The molecule has 0 aliphatic carbocycles. The van der Waals surface area contributed by atoms with E-state index in [1.165, 1.54) is 56.6 Å². The van der Waals surface area contributed by atoms with E-state index in [9.17, 15) is 0 Å². The van der Waals surface area contributed by atoms with E-state index in [2.05, 4.69) is 35.8 Å². The highest BCUT2D eigenvalue weighted by Crippen LogP contribution is 2.21. The first-order valence-corrected chi connectivity index (χ1v) is 8.83. The number of H-pyrrole nitrogens is 1. The number of aromatic nitrogens is 4. The summed E-state index contributed by atoms with van der Waals surface area (Å²) < 4.78 is 2.18. The Labute approximate surface area is 137 Å². The Kier molecular flexibility index (Phi) is 4.43. The van der Waals surface area contributed by atoms with E-state index >= 15 is 0 Å². The molecule has 6 heteroatoms. The topological polar surface area (TPSA) is 53.0 Å². The summed E-state index contributed by atoms with van der Waals surface area (Å²) >= 11 is 0. The maximum Gasteiger partial charge on any atom is 0.0532 e. The third-order valence-corrected chi connectivity index (χ3v) is 5.22. The van der Waals surface area contributed by atoms with E-state index in [0.717, 1.165) is 19.6 Å². The van der Waals surface area contributed by atoms with Crippen molar-refractivity contribution < 1.29 is 0 Å². The summed E-state index contributed by atoms with van der Waals surface area (Å²) in [5.74, 6) is 0. The zero-order valence-corrected chi connectivity index (χ0v) is 13.7. The second-order valence-corrected chi connectivity index (χ2v) is 6.86. The van der Waals surface area contributed by atoms with Gasteiger partial charge in [0.15, 0.2) is 0 Å². The maximum atomic E-state index is 4.49. The van der Waals surface area contributed by atoms with Gasteiger partial charge in [-0.1, -0.05) is 6.42 Å². The number of aryl methyl sites for hydroxylation is 1. The standard InChI is InChI=1S/C17H26N6/c1-2-7-21(8-3-1)13-16-5-9-23-17(4-6-20-23)14-22(16)12-15-10-18-19-11-15/h4,6,10-11,16H,1-3,5,7-9,12-14H2,(H,18,19)/t16-/m0/s1. The molecular weight excluding hydrogens is 288 g/mol. The molecule has 0 radical (unpaired) electrons. The van der Waals surface area contributed by atoms with Crippen LogP contribution >= 0.6 is 0 Å². The predicted octanol–water partition coefficient (Wildman–Crippen LogP) is 1.87. The fraction of sp³-hybridized carbons (Fsp3) is 0.647. The van der Waals surface area contributed by atoms with Crippen LogP contribution < -0.4 is 0 Å². The van der Waals surface area contributed by atoms with E-state index in [0.29, 0.717) is 6.04 Å². The average Bonchev–Trinajstić information content (AvgIpc) is 3.21. The molecule has 1 fully saturated rings. The molecule has 2 aromatic rings. The minimum Gasteiger partial charge on any atom is -0.302 e. The molecule has 1 saturated heterocycles. The van der Waals surface area contributed by atoms with Crippen molar-refractivity contribution in [3.63, 3.8) is 0 Å². The summed E-state index contributed by atoms with van der Waals surface area (Å²) in [7, 11) is 0. The van der Waals surface area contributed by atoms with Crippen LogP contribution in [0.4, 0.5) is 0 Å². The summed E-state index contributed by atoms with van der Waals surface area (Å²) in [5, 5.41) is 11.5. The number of rotatable bonds is 4. The van der Waals surface area contributed by atoms with Gasteiger partial charge in [-0.3, -0.25) is 14.7 Å². The number of piperidine rings is 1. The maximum absolute atomic E-state index is 4.49. The van der Waals surface area contributed by atoms with Crippen molar-refractivity contribution in [2.24, 2.45) is 0 Å². The quantitative estimate of drug-likeness (QED) is 0.936. The SMILES string of the molecule is c1cc2n(n1)CC[C@@H](CN1CCCCC1)N(Cc1cn[nH]c1)C2. The number of hydrogen-bond donors (Lipinski definition) is 1. The summed E-state index contributed by atoms with van der Waals surface area (Å²) in [6.07, 6.45) is 11.2. The Morgan fingerprint density at radius 1 is 1.17 bits per heavy atom. The van der Waals surface area contributed by atoms with Crippen molar-refractivity contribution >= 4 is 0 Å². The first-order valence-electron chi connectivity index (χ1n) is 8.83. The van der Waals surface area contributed by atoms with E-state index < -0.39 is 0 Å². The predicted molar refractivity (Wildman–Crippen MR) is 88.8 cm³/mol. The fourth-order valence-corrected chi connectivity index (χ4v) is 3.92. The third kappa shape index (κ3) is 3.48. The van der Waals surface area contributed by atoms with Gasteiger partial charge in [-0.15, -0.1) is 0 Å². The highest BCUT2D eigenvalue weighted by atomic mass is 15.3. The van der Waals surface area contributed by atoms with Crippen molar-refractivity contribution in [1.29, 1.82) is 0 Å². The lowest BCUT2D eigenvalue weighted by Crippen LogP contribution is -2.44. The van der Waals surface area contributed by atoms with Crippen LogP contribution in [-0.4, -0.2) is 55.5 Å². The first-order chi connectivity index (χ1) is 11.4. The van der Waals surface area contributed by atoms with Crippen molar-refractivity contribution in [1.82, 2.24) is 29.8 Å². The Hall–Kier alpha value is -1.66. The second-order valence-electron chi connectivity index (χ2n) is 6.86. The molecule has 4 rings (SSSR count). The van der Waals surface area contributed by atoms with Crippen molar-refractivity contribution in [2.45, 2.75) is 51.4 Å². The number of likely N-dealkylation sites (tertiary alicyclic amines) is 1. The lowest BCUT2D eigenvalue weighted by atomic mass is 10.1. The monoisotopic (exact) mass is 314 g/mol. The van der Waals surface area contributed by atoms with Crippen LogP contribution in [0.15, 0.2) is 24.7 Å². The van der Waals surface area contributed by atoms with Gasteiger partial charge in [0.2, 0.25) is 0 Å². The zero-order valence-electron chi connectivity index (χ0n) is 13.7. The van der Waals surface area contributed by atoms with Crippen molar-refractivity contribution in [3.05, 3.63) is 35.9 Å². The Morgan fingerprint density at radius 3 is 2.91 bits per heavy atom. The molecule has 6 nitrogen and oxygen atoms in total. The molecule has 4 heterocycles. The molecule has 2 aliphatic rings. The highest BCUT2D eigenvalue weighted by molar-refractivity contribution is 5.07. The molecule has 23 heavy (non-hydrogen) atoms. The molecule has 2 aromatic heterocycles. The molecule has 124 valence electrons. The molecule has 1 N–H and O–H groups in total. The van der Waals surface area contributed by atoms with Gasteiger partial charge in [-0.05, 0) is 38.4 Å². The van der Waals surface area contributed by atoms with Gasteiger partial charge in [-0.2, -0.15) is 10.2 Å². The average molecular weight is 314 g/mol. The molecule has 0 bridgehead atoms. The van der Waals surface area contributed by atoms with E-state index in [-0.39, 0.29) is 0 Å². The molecule has 0 unspecified atom stereocenters. The Balaban J connectivity index is 1.50. The highest BCUT2D eigenvalue weighted by Gasteiger charge is 2.26.